The Morgan fingerprint density at radius 1 is 1.28 bits per heavy atom. The van der Waals surface area contributed by atoms with Gasteiger partial charge in [-0.1, -0.05) is 18.2 Å². The molecule has 1 amide bonds. The number of amides is 1. The first kappa shape index (κ1) is 18.7. The van der Waals surface area contributed by atoms with Crippen LogP contribution < -0.4 is 10.1 Å². The van der Waals surface area contributed by atoms with Crippen LogP contribution in [0.15, 0.2) is 60.0 Å². The topological polar surface area (TPSA) is 72.5 Å². The van der Waals surface area contributed by atoms with Crippen molar-refractivity contribution in [2.75, 3.05) is 17.7 Å². The number of rotatable bonds is 7. The molecule has 0 aliphatic heterocycles. The fourth-order valence-corrected chi connectivity index (χ4v) is 3.15. The summed E-state index contributed by atoms with van der Waals surface area (Å²) >= 11 is 0. The largest absolute Gasteiger partial charge is 0.484 e. The number of nitrogens with one attached hydrogen (secondary N) is 1. The van der Waals surface area contributed by atoms with Crippen molar-refractivity contribution in [3.8, 4) is 5.75 Å². The third-order valence-electron chi connectivity index (χ3n) is 3.35. The fraction of sp³-hybridized carbons (Fsp3) is 0.167. The molecule has 1 N–H and O–H groups in total. The minimum Gasteiger partial charge on any atom is -0.484 e. The van der Waals surface area contributed by atoms with E-state index in [9.17, 15) is 17.6 Å². The normalized spacial score (nSPS) is 11.0. The number of carbonyl (C=O) groups is 1. The molecule has 0 spiro atoms. The zero-order valence-electron chi connectivity index (χ0n) is 13.7. The summed E-state index contributed by atoms with van der Waals surface area (Å²) in [5.41, 5.74) is 1.08. The van der Waals surface area contributed by atoms with Gasteiger partial charge in [0.15, 0.2) is 16.4 Å². The molecule has 0 bridgehead atoms. The summed E-state index contributed by atoms with van der Waals surface area (Å²) < 4.78 is 42.4. The molecule has 0 aliphatic carbocycles. The maximum absolute atomic E-state index is 13.1. The summed E-state index contributed by atoms with van der Waals surface area (Å²) in [5, 5.41) is 2.60. The van der Waals surface area contributed by atoms with Crippen LogP contribution >= 0.6 is 0 Å². The molecule has 0 radical (unpaired) electrons. The Bertz CT molecular complexity index is 894. The van der Waals surface area contributed by atoms with Crippen molar-refractivity contribution in [2.24, 2.45) is 0 Å². The third-order valence-corrected chi connectivity index (χ3v) is 4.99. The van der Waals surface area contributed by atoms with Crippen molar-refractivity contribution >= 4 is 21.4 Å². The lowest BCUT2D eigenvalue weighted by Crippen LogP contribution is -2.21. The van der Waals surface area contributed by atoms with Crippen LogP contribution in [0.4, 0.5) is 10.1 Å². The molecule has 5 nitrogen and oxygen atoms in total. The van der Waals surface area contributed by atoms with Crippen LogP contribution in [0.3, 0.4) is 0 Å². The van der Waals surface area contributed by atoms with Crippen LogP contribution in [0.25, 0.3) is 0 Å². The second kappa shape index (κ2) is 7.94. The Kier molecular flexibility index (Phi) is 5.93. The van der Waals surface area contributed by atoms with E-state index in [0.29, 0.717) is 11.3 Å². The zero-order chi connectivity index (χ0) is 18.4. The Morgan fingerprint density at radius 3 is 2.72 bits per heavy atom. The summed E-state index contributed by atoms with van der Waals surface area (Å²) in [6.07, 6.45) is 1.31. The highest BCUT2D eigenvalue weighted by Crippen LogP contribution is 2.21. The van der Waals surface area contributed by atoms with E-state index in [0.717, 1.165) is 0 Å². The maximum atomic E-state index is 13.1. The number of aryl methyl sites for hydroxylation is 1. The molecule has 2 aromatic rings. The molecule has 7 heteroatoms. The Morgan fingerprint density at radius 2 is 2.04 bits per heavy atom. The first-order valence-corrected chi connectivity index (χ1v) is 9.09. The third kappa shape index (κ3) is 5.15. The van der Waals surface area contributed by atoms with Gasteiger partial charge in [0.1, 0.15) is 11.6 Å². The number of hydrogen-bond donors (Lipinski definition) is 1. The Balaban J connectivity index is 2.08. The number of sulfone groups is 1. The first-order valence-electron chi connectivity index (χ1n) is 7.44. The molecule has 0 aromatic heterocycles. The monoisotopic (exact) mass is 363 g/mol. The van der Waals surface area contributed by atoms with E-state index in [1.54, 1.807) is 13.0 Å². The summed E-state index contributed by atoms with van der Waals surface area (Å²) in [5.74, 6) is -0.903. The fourth-order valence-electron chi connectivity index (χ4n) is 2.07. The van der Waals surface area contributed by atoms with Crippen LogP contribution in [0.1, 0.15) is 5.56 Å². The number of halogens is 1. The van der Waals surface area contributed by atoms with E-state index in [-0.39, 0.29) is 23.0 Å². The zero-order valence-corrected chi connectivity index (χ0v) is 14.5. The van der Waals surface area contributed by atoms with Gasteiger partial charge in [-0.15, -0.1) is 6.58 Å². The van der Waals surface area contributed by atoms with Gasteiger partial charge in [-0.2, -0.15) is 0 Å². The average Bonchev–Trinajstić information content (AvgIpc) is 2.55. The highest BCUT2D eigenvalue weighted by molar-refractivity contribution is 7.91. The predicted molar refractivity (Wildman–Crippen MR) is 94.0 cm³/mol. The summed E-state index contributed by atoms with van der Waals surface area (Å²) in [6, 6.07) is 9.93. The van der Waals surface area contributed by atoms with Crippen LogP contribution in [-0.4, -0.2) is 26.7 Å². The van der Waals surface area contributed by atoms with E-state index < -0.39 is 21.6 Å². The van der Waals surface area contributed by atoms with Crippen LogP contribution in [0.5, 0.6) is 5.75 Å². The van der Waals surface area contributed by atoms with Gasteiger partial charge >= 0.3 is 0 Å². The number of hydrogen-bond acceptors (Lipinski definition) is 4. The molecule has 25 heavy (non-hydrogen) atoms. The van der Waals surface area contributed by atoms with Gasteiger partial charge < -0.3 is 10.1 Å². The first-order chi connectivity index (χ1) is 11.8. The molecule has 0 saturated heterocycles. The number of benzene rings is 2. The van der Waals surface area contributed by atoms with E-state index in [1.807, 2.05) is 0 Å². The molecule has 0 saturated carbocycles. The molecule has 0 fully saturated rings. The number of ether oxygens (including phenoxy) is 1. The highest BCUT2D eigenvalue weighted by atomic mass is 32.2. The average molecular weight is 363 g/mol. The minimum absolute atomic E-state index is 0.0966. The molecule has 2 rings (SSSR count). The van der Waals surface area contributed by atoms with Crippen LogP contribution in [-0.2, 0) is 14.6 Å². The second-order valence-electron chi connectivity index (χ2n) is 5.34. The van der Waals surface area contributed by atoms with Gasteiger partial charge in [-0.25, -0.2) is 12.8 Å². The van der Waals surface area contributed by atoms with Crippen molar-refractivity contribution in [1.82, 2.24) is 0 Å². The smallest absolute Gasteiger partial charge is 0.262 e. The molecule has 132 valence electrons. The lowest BCUT2D eigenvalue weighted by Gasteiger charge is -2.11. The second-order valence-corrected chi connectivity index (χ2v) is 7.38. The van der Waals surface area contributed by atoms with Crippen LogP contribution in [0.2, 0.25) is 0 Å². The van der Waals surface area contributed by atoms with Crippen molar-refractivity contribution in [3.05, 3.63) is 66.5 Å². The molecule has 0 heterocycles. The molecule has 0 atom stereocenters. The van der Waals surface area contributed by atoms with Gasteiger partial charge in [-0.05, 0) is 36.8 Å². The summed E-state index contributed by atoms with van der Waals surface area (Å²) in [7, 11) is -3.49. The SMILES string of the molecule is C=CCS(=O)(=O)c1ccc(C)c(NC(=O)COc2cccc(F)c2)c1. The van der Waals surface area contributed by atoms with E-state index in [4.69, 9.17) is 4.74 Å². The lowest BCUT2D eigenvalue weighted by atomic mass is 10.2. The minimum atomic E-state index is -3.49. The van der Waals surface area contributed by atoms with Crippen molar-refractivity contribution in [1.29, 1.82) is 0 Å². The van der Waals surface area contributed by atoms with Gasteiger partial charge in [0, 0.05) is 11.8 Å². The van der Waals surface area contributed by atoms with Crippen molar-refractivity contribution < 1.29 is 22.3 Å². The van der Waals surface area contributed by atoms with Crippen molar-refractivity contribution in [3.63, 3.8) is 0 Å². The van der Waals surface area contributed by atoms with E-state index in [1.165, 1.54) is 42.5 Å². The molecule has 0 unspecified atom stereocenters. The summed E-state index contributed by atoms with van der Waals surface area (Å²) in [6.45, 7) is 4.84. The predicted octanol–water partition coefficient (Wildman–Crippen LogP) is 3.11. The Hall–Kier alpha value is -2.67. The van der Waals surface area contributed by atoms with E-state index >= 15 is 0 Å². The highest BCUT2D eigenvalue weighted by Gasteiger charge is 2.15. The standard InChI is InChI=1S/C18H18FNO4S/c1-3-9-25(22,23)16-8-7-13(2)17(11-16)20-18(21)12-24-15-6-4-5-14(19)10-15/h3-8,10-11H,1,9,12H2,2H3,(H,20,21). The molecular weight excluding hydrogens is 345 g/mol. The number of anilines is 1. The Labute approximate surface area is 146 Å². The van der Waals surface area contributed by atoms with Gasteiger partial charge in [0.2, 0.25) is 0 Å². The molecule has 0 aliphatic rings. The quantitative estimate of drug-likeness (QED) is 0.767. The van der Waals surface area contributed by atoms with Gasteiger partial charge in [0.05, 0.1) is 10.6 Å². The summed E-state index contributed by atoms with van der Waals surface area (Å²) in [4.78, 5) is 12.1. The lowest BCUT2D eigenvalue weighted by molar-refractivity contribution is -0.118. The van der Waals surface area contributed by atoms with Crippen molar-refractivity contribution in [2.45, 2.75) is 11.8 Å². The maximum Gasteiger partial charge on any atom is 0.262 e. The molecular formula is C18H18FNO4S. The number of carbonyl (C=O) groups excluding carboxylic acids is 1. The van der Waals surface area contributed by atoms with Gasteiger partial charge in [0.25, 0.3) is 5.91 Å². The molecule has 2 aromatic carbocycles. The van der Waals surface area contributed by atoms with E-state index in [2.05, 4.69) is 11.9 Å². The van der Waals surface area contributed by atoms with Gasteiger partial charge in [-0.3, -0.25) is 4.79 Å². The van der Waals surface area contributed by atoms with Crippen LogP contribution in [0, 0.1) is 12.7 Å².